The molecule has 1 N–H and O–H groups in total. The van der Waals surface area contributed by atoms with E-state index in [9.17, 15) is 0 Å². The standard InChI is InChI=1S/C23H28N4O2/c1-16(2)27-11-9-19(10-12-27)29-21-8-7-17-15-24-23(26-22(17)14-21)25-18-5-4-6-20(13-18)28-3/h4-8,13-16,19H,9-12H2,1-3H3,(H,24,25,26). The minimum atomic E-state index is 0.263. The van der Waals surface area contributed by atoms with Crippen molar-refractivity contribution >= 4 is 22.5 Å². The third kappa shape index (κ3) is 4.77. The van der Waals surface area contributed by atoms with E-state index in [1.54, 1.807) is 7.11 Å². The van der Waals surface area contributed by atoms with Gasteiger partial charge in [-0.15, -0.1) is 0 Å². The molecule has 3 aromatic rings. The Hall–Kier alpha value is -2.86. The van der Waals surface area contributed by atoms with Crippen LogP contribution >= 0.6 is 0 Å². The first kappa shape index (κ1) is 19.5. The van der Waals surface area contributed by atoms with Gasteiger partial charge in [-0.25, -0.2) is 9.97 Å². The number of aromatic nitrogens is 2. The fourth-order valence-corrected chi connectivity index (χ4v) is 3.67. The Balaban J connectivity index is 1.47. The van der Waals surface area contributed by atoms with Crippen LogP contribution in [-0.2, 0) is 0 Å². The molecule has 1 aliphatic rings. The van der Waals surface area contributed by atoms with Gasteiger partial charge in [0.2, 0.25) is 5.95 Å². The molecule has 0 spiro atoms. The van der Waals surface area contributed by atoms with Crippen molar-refractivity contribution in [2.24, 2.45) is 0 Å². The fraction of sp³-hybridized carbons (Fsp3) is 0.391. The Morgan fingerprint density at radius 1 is 1.07 bits per heavy atom. The summed E-state index contributed by atoms with van der Waals surface area (Å²) in [6.07, 6.45) is 4.21. The van der Waals surface area contributed by atoms with Crippen molar-refractivity contribution in [1.29, 1.82) is 0 Å². The van der Waals surface area contributed by atoms with Crippen LogP contribution in [0.2, 0.25) is 0 Å². The summed E-state index contributed by atoms with van der Waals surface area (Å²) in [5.41, 5.74) is 1.75. The van der Waals surface area contributed by atoms with E-state index in [1.807, 2.05) is 48.7 Å². The topological polar surface area (TPSA) is 59.5 Å². The Morgan fingerprint density at radius 3 is 2.66 bits per heavy atom. The van der Waals surface area contributed by atoms with Crippen LogP contribution in [0.4, 0.5) is 11.6 Å². The normalized spacial score (nSPS) is 15.6. The molecular weight excluding hydrogens is 364 g/mol. The number of hydrogen-bond donors (Lipinski definition) is 1. The number of hydrogen-bond acceptors (Lipinski definition) is 6. The van der Waals surface area contributed by atoms with Crippen LogP contribution in [0, 0.1) is 0 Å². The second kappa shape index (κ2) is 8.66. The smallest absolute Gasteiger partial charge is 0.227 e. The number of benzene rings is 2. The van der Waals surface area contributed by atoms with Gasteiger partial charge < -0.3 is 19.7 Å². The molecule has 1 aromatic heterocycles. The zero-order valence-corrected chi connectivity index (χ0v) is 17.3. The maximum absolute atomic E-state index is 6.26. The minimum Gasteiger partial charge on any atom is -0.497 e. The molecule has 0 saturated carbocycles. The minimum absolute atomic E-state index is 0.263. The lowest BCUT2D eigenvalue weighted by Crippen LogP contribution is -2.41. The van der Waals surface area contributed by atoms with Gasteiger partial charge in [-0.2, -0.15) is 0 Å². The van der Waals surface area contributed by atoms with Gasteiger partial charge in [-0.05, 0) is 51.0 Å². The lowest BCUT2D eigenvalue weighted by molar-refractivity contribution is 0.0844. The average Bonchev–Trinajstić information content (AvgIpc) is 2.74. The zero-order valence-electron chi connectivity index (χ0n) is 17.3. The molecule has 1 fully saturated rings. The van der Waals surface area contributed by atoms with Crippen LogP contribution < -0.4 is 14.8 Å². The Morgan fingerprint density at radius 2 is 1.90 bits per heavy atom. The summed E-state index contributed by atoms with van der Waals surface area (Å²) >= 11 is 0. The Labute approximate surface area is 171 Å². The molecule has 0 amide bonds. The number of ether oxygens (including phenoxy) is 2. The molecule has 1 saturated heterocycles. The highest BCUT2D eigenvalue weighted by Crippen LogP contribution is 2.25. The molecule has 152 valence electrons. The van der Waals surface area contributed by atoms with Crippen LogP contribution in [0.3, 0.4) is 0 Å². The highest BCUT2D eigenvalue weighted by Gasteiger charge is 2.22. The first-order chi connectivity index (χ1) is 14.1. The second-order valence-corrected chi connectivity index (χ2v) is 7.72. The van der Waals surface area contributed by atoms with E-state index < -0.39 is 0 Å². The maximum Gasteiger partial charge on any atom is 0.227 e. The molecule has 0 radical (unpaired) electrons. The van der Waals surface area contributed by atoms with Crippen LogP contribution in [0.1, 0.15) is 26.7 Å². The molecule has 0 aliphatic carbocycles. The summed E-state index contributed by atoms with van der Waals surface area (Å²) in [5, 5.41) is 4.23. The highest BCUT2D eigenvalue weighted by atomic mass is 16.5. The van der Waals surface area contributed by atoms with Crippen molar-refractivity contribution < 1.29 is 9.47 Å². The lowest BCUT2D eigenvalue weighted by atomic mass is 10.1. The van der Waals surface area contributed by atoms with Crippen molar-refractivity contribution in [2.45, 2.75) is 38.8 Å². The number of methoxy groups -OCH3 is 1. The average molecular weight is 393 g/mol. The van der Waals surface area contributed by atoms with Crippen molar-refractivity contribution in [3.8, 4) is 11.5 Å². The molecule has 2 heterocycles. The van der Waals surface area contributed by atoms with Crippen LogP contribution in [0.25, 0.3) is 10.9 Å². The first-order valence-electron chi connectivity index (χ1n) is 10.2. The number of nitrogens with zero attached hydrogens (tertiary/aromatic N) is 3. The van der Waals surface area contributed by atoms with Gasteiger partial charge in [0.25, 0.3) is 0 Å². The van der Waals surface area contributed by atoms with Gasteiger partial charge in [0.1, 0.15) is 17.6 Å². The number of anilines is 2. The number of piperidine rings is 1. The van der Waals surface area contributed by atoms with Gasteiger partial charge >= 0.3 is 0 Å². The summed E-state index contributed by atoms with van der Waals surface area (Å²) in [5.74, 6) is 2.20. The summed E-state index contributed by atoms with van der Waals surface area (Å²) in [6.45, 7) is 6.68. The van der Waals surface area contributed by atoms with Crippen molar-refractivity contribution in [1.82, 2.24) is 14.9 Å². The van der Waals surface area contributed by atoms with E-state index in [0.29, 0.717) is 12.0 Å². The summed E-state index contributed by atoms with van der Waals surface area (Å²) in [6, 6.07) is 14.3. The molecule has 1 aliphatic heterocycles. The molecular formula is C23H28N4O2. The maximum atomic E-state index is 6.26. The monoisotopic (exact) mass is 392 g/mol. The third-order valence-corrected chi connectivity index (χ3v) is 5.39. The quantitative estimate of drug-likeness (QED) is 0.660. The Kier molecular flexibility index (Phi) is 5.81. The third-order valence-electron chi connectivity index (χ3n) is 5.39. The number of rotatable bonds is 6. The van der Waals surface area contributed by atoms with Crippen LogP contribution in [0.15, 0.2) is 48.7 Å². The van der Waals surface area contributed by atoms with Crippen molar-refractivity contribution in [3.05, 3.63) is 48.7 Å². The molecule has 0 unspecified atom stereocenters. The lowest BCUT2D eigenvalue weighted by Gasteiger charge is -2.34. The highest BCUT2D eigenvalue weighted by molar-refractivity contribution is 5.80. The zero-order chi connectivity index (χ0) is 20.2. The predicted octanol–water partition coefficient (Wildman–Crippen LogP) is 4.63. The van der Waals surface area contributed by atoms with Gasteiger partial charge in [0.05, 0.1) is 12.6 Å². The molecule has 29 heavy (non-hydrogen) atoms. The summed E-state index contributed by atoms with van der Waals surface area (Å²) < 4.78 is 11.5. The largest absolute Gasteiger partial charge is 0.497 e. The Bertz CT molecular complexity index is 968. The molecule has 0 bridgehead atoms. The van der Waals surface area contributed by atoms with Gasteiger partial charge in [0.15, 0.2) is 0 Å². The first-order valence-corrected chi connectivity index (χ1v) is 10.2. The van der Waals surface area contributed by atoms with Gasteiger partial charge in [0, 0.05) is 48.5 Å². The van der Waals surface area contributed by atoms with E-state index in [4.69, 9.17) is 9.47 Å². The second-order valence-electron chi connectivity index (χ2n) is 7.72. The van der Waals surface area contributed by atoms with Gasteiger partial charge in [-0.3, -0.25) is 0 Å². The predicted molar refractivity (Wildman–Crippen MR) is 116 cm³/mol. The number of likely N-dealkylation sites (tertiary alicyclic amines) is 1. The van der Waals surface area contributed by atoms with E-state index in [0.717, 1.165) is 54.0 Å². The summed E-state index contributed by atoms with van der Waals surface area (Å²) in [4.78, 5) is 11.6. The number of fused-ring (bicyclic) bond motifs is 1. The molecule has 2 aromatic carbocycles. The molecule has 0 atom stereocenters. The SMILES string of the molecule is COc1cccc(Nc2ncc3ccc(OC4CCN(C(C)C)CC4)cc3n2)c1. The van der Waals surface area contributed by atoms with E-state index >= 15 is 0 Å². The summed E-state index contributed by atoms with van der Waals surface area (Å²) in [7, 11) is 1.65. The molecule has 4 rings (SSSR count). The van der Waals surface area contributed by atoms with Crippen LogP contribution in [0.5, 0.6) is 11.5 Å². The van der Waals surface area contributed by atoms with Crippen molar-refractivity contribution in [3.63, 3.8) is 0 Å². The fourth-order valence-electron chi connectivity index (χ4n) is 3.67. The number of nitrogens with one attached hydrogen (secondary N) is 1. The molecule has 6 heteroatoms. The molecule has 6 nitrogen and oxygen atoms in total. The van der Waals surface area contributed by atoms with Gasteiger partial charge in [-0.1, -0.05) is 6.07 Å². The van der Waals surface area contributed by atoms with E-state index in [1.165, 1.54) is 0 Å². The van der Waals surface area contributed by atoms with E-state index in [-0.39, 0.29) is 6.10 Å². The van der Waals surface area contributed by atoms with Crippen LogP contribution in [-0.4, -0.2) is 47.2 Å². The van der Waals surface area contributed by atoms with E-state index in [2.05, 4.69) is 34.0 Å². The van der Waals surface area contributed by atoms with Crippen molar-refractivity contribution in [2.75, 3.05) is 25.5 Å².